The number of hydrogen-bond donors (Lipinski definition) is 0. The molecule has 5 nitrogen and oxygen atoms in total. The van der Waals surface area contributed by atoms with Gasteiger partial charge in [-0.2, -0.15) is 4.68 Å². The first-order chi connectivity index (χ1) is 11.2. The molecule has 1 aliphatic carbocycles. The second-order valence-electron chi connectivity index (χ2n) is 6.92. The van der Waals surface area contributed by atoms with Crippen LogP contribution >= 0.6 is 0 Å². The summed E-state index contributed by atoms with van der Waals surface area (Å²) in [5, 5.41) is 4.41. The Hall–Kier alpha value is -1.88. The van der Waals surface area contributed by atoms with Gasteiger partial charge in [-0.15, -0.1) is 5.10 Å². The van der Waals surface area contributed by atoms with Gasteiger partial charge in [0.1, 0.15) is 0 Å². The molecule has 0 atom stereocenters. The van der Waals surface area contributed by atoms with Gasteiger partial charge in [0.2, 0.25) is 5.89 Å². The summed E-state index contributed by atoms with van der Waals surface area (Å²) in [6, 6.07) is 10.2. The molecular formula is C18H22N2O3. The van der Waals surface area contributed by atoms with Crippen molar-refractivity contribution in [1.82, 2.24) is 9.78 Å². The summed E-state index contributed by atoms with van der Waals surface area (Å²) in [6.45, 7) is 1.36. The maximum atomic E-state index is 12.1. The summed E-state index contributed by atoms with van der Waals surface area (Å²) in [5.41, 5.74) is 1.30. The lowest BCUT2D eigenvalue weighted by Crippen LogP contribution is -2.46. The first-order valence-corrected chi connectivity index (χ1v) is 8.45. The normalized spacial score (nSPS) is 26.5. The second-order valence-corrected chi connectivity index (χ2v) is 6.92. The molecule has 2 aliphatic heterocycles. The van der Waals surface area contributed by atoms with Gasteiger partial charge >= 0.3 is 5.76 Å². The summed E-state index contributed by atoms with van der Waals surface area (Å²) in [5.74, 6) is 0.191. The van der Waals surface area contributed by atoms with Gasteiger partial charge in [-0.25, -0.2) is 4.79 Å². The van der Waals surface area contributed by atoms with Gasteiger partial charge in [0.05, 0.1) is 19.3 Å². The van der Waals surface area contributed by atoms with Crippen LogP contribution in [0.15, 0.2) is 39.5 Å². The lowest BCUT2D eigenvalue weighted by molar-refractivity contribution is -0.122. The van der Waals surface area contributed by atoms with Crippen molar-refractivity contribution >= 4 is 0 Å². The molecule has 0 spiro atoms. The van der Waals surface area contributed by atoms with Gasteiger partial charge in [-0.3, -0.25) is 0 Å². The van der Waals surface area contributed by atoms with Crippen LogP contribution in [0.25, 0.3) is 0 Å². The molecule has 2 bridgehead atoms. The molecule has 1 saturated carbocycles. The van der Waals surface area contributed by atoms with Gasteiger partial charge in [-0.1, -0.05) is 30.3 Å². The molecule has 122 valence electrons. The molecule has 3 fully saturated rings. The number of hydrogen-bond acceptors (Lipinski definition) is 4. The fraction of sp³-hybridized carbons (Fsp3) is 0.556. The average Bonchev–Trinajstić information content (AvgIpc) is 2.95. The molecule has 2 aromatic rings. The Morgan fingerprint density at radius 3 is 2.65 bits per heavy atom. The topological polar surface area (TPSA) is 57.3 Å². The second kappa shape index (κ2) is 5.96. The molecule has 23 heavy (non-hydrogen) atoms. The van der Waals surface area contributed by atoms with Crippen molar-refractivity contribution in [3.8, 4) is 0 Å². The molecular weight excluding hydrogens is 292 g/mol. The van der Waals surface area contributed by atoms with Gasteiger partial charge in [0.15, 0.2) is 0 Å². The van der Waals surface area contributed by atoms with Crippen LogP contribution in [0.3, 0.4) is 0 Å². The predicted molar refractivity (Wildman–Crippen MR) is 85.3 cm³/mol. The Morgan fingerprint density at radius 2 is 1.96 bits per heavy atom. The summed E-state index contributed by atoms with van der Waals surface area (Å²) >= 11 is 0. The molecule has 3 heterocycles. The summed E-state index contributed by atoms with van der Waals surface area (Å²) < 4.78 is 12.7. The van der Waals surface area contributed by atoms with Crippen LogP contribution in [-0.4, -0.2) is 22.5 Å². The number of rotatable bonds is 5. The van der Waals surface area contributed by atoms with E-state index < -0.39 is 0 Å². The molecule has 0 unspecified atom stereocenters. The molecule has 1 aromatic carbocycles. The summed E-state index contributed by atoms with van der Waals surface area (Å²) in [7, 11) is 0. The van der Waals surface area contributed by atoms with Crippen LogP contribution in [-0.2, 0) is 24.1 Å². The molecule has 1 aromatic heterocycles. The first-order valence-electron chi connectivity index (χ1n) is 8.45. The minimum Gasteiger partial charge on any atom is -0.392 e. The van der Waals surface area contributed by atoms with Crippen molar-refractivity contribution in [2.24, 2.45) is 5.41 Å². The number of fused-ring (bicyclic) bond motifs is 3. The lowest BCUT2D eigenvalue weighted by atomic mass is 9.71. The van der Waals surface area contributed by atoms with E-state index in [1.807, 2.05) is 18.2 Å². The summed E-state index contributed by atoms with van der Waals surface area (Å²) in [4.78, 5) is 12.1. The highest BCUT2D eigenvalue weighted by atomic mass is 16.5. The molecule has 2 saturated heterocycles. The molecule has 5 heteroatoms. The van der Waals surface area contributed by atoms with Crippen molar-refractivity contribution in [2.45, 2.75) is 51.2 Å². The van der Waals surface area contributed by atoms with Crippen LogP contribution in [0.2, 0.25) is 0 Å². The maximum Gasteiger partial charge on any atom is 0.437 e. The maximum absolute atomic E-state index is 12.1. The SMILES string of the molecule is O=c1oc(CCc2ccccc2)nn1CC12CCC(CC1)OC2. The zero-order valence-electron chi connectivity index (χ0n) is 13.2. The Kier molecular flexibility index (Phi) is 3.81. The quantitative estimate of drug-likeness (QED) is 0.851. The van der Waals surface area contributed by atoms with E-state index in [0.717, 1.165) is 38.7 Å². The highest BCUT2D eigenvalue weighted by Crippen LogP contribution is 2.43. The minimum absolute atomic E-state index is 0.0755. The Balaban J connectivity index is 1.44. The Morgan fingerprint density at radius 1 is 1.17 bits per heavy atom. The van der Waals surface area contributed by atoms with Crippen LogP contribution < -0.4 is 5.76 Å². The molecule has 3 aliphatic rings. The van der Waals surface area contributed by atoms with Gasteiger partial charge in [0.25, 0.3) is 0 Å². The zero-order valence-corrected chi connectivity index (χ0v) is 13.2. The summed E-state index contributed by atoms with van der Waals surface area (Å²) in [6.07, 6.45) is 6.37. The fourth-order valence-electron chi connectivity index (χ4n) is 3.78. The lowest BCUT2D eigenvalue weighted by Gasteiger charge is -2.45. The highest BCUT2D eigenvalue weighted by molar-refractivity contribution is 5.15. The molecule has 0 amide bonds. The van der Waals surface area contributed by atoms with Crippen molar-refractivity contribution < 1.29 is 9.15 Å². The van der Waals surface area contributed by atoms with E-state index in [9.17, 15) is 4.79 Å². The van der Waals surface area contributed by atoms with E-state index in [1.54, 1.807) is 0 Å². The average molecular weight is 314 g/mol. The van der Waals surface area contributed by atoms with E-state index in [0.29, 0.717) is 25.0 Å². The van der Waals surface area contributed by atoms with E-state index in [4.69, 9.17) is 9.15 Å². The van der Waals surface area contributed by atoms with Crippen LogP contribution in [0.1, 0.15) is 37.1 Å². The van der Waals surface area contributed by atoms with Gasteiger partial charge in [-0.05, 0) is 37.7 Å². The predicted octanol–water partition coefficient (Wildman–Crippen LogP) is 2.58. The van der Waals surface area contributed by atoms with Crippen LogP contribution in [0.4, 0.5) is 0 Å². The minimum atomic E-state index is -0.338. The number of aryl methyl sites for hydroxylation is 2. The standard InChI is InChI=1S/C18H22N2O3/c21-17-20(12-18-10-8-15(9-11-18)22-13-18)19-16(23-17)7-6-14-4-2-1-3-5-14/h1-5,15H,6-13H2. The number of aromatic nitrogens is 2. The Bertz CT molecular complexity index is 698. The monoisotopic (exact) mass is 314 g/mol. The van der Waals surface area contributed by atoms with E-state index in [-0.39, 0.29) is 11.2 Å². The smallest absolute Gasteiger partial charge is 0.392 e. The van der Waals surface area contributed by atoms with Crippen molar-refractivity contribution in [3.63, 3.8) is 0 Å². The van der Waals surface area contributed by atoms with Crippen LogP contribution in [0.5, 0.6) is 0 Å². The molecule has 0 N–H and O–H groups in total. The molecule has 5 rings (SSSR count). The van der Waals surface area contributed by atoms with Crippen molar-refractivity contribution in [2.75, 3.05) is 6.61 Å². The zero-order chi connectivity index (χ0) is 15.7. The third-order valence-corrected chi connectivity index (χ3v) is 5.22. The van der Waals surface area contributed by atoms with Crippen molar-refractivity contribution in [1.29, 1.82) is 0 Å². The Labute approximate surface area is 135 Å². The van der Waals surface area contributed by atoms with E-state index in [1.165, 1.54) is 10.2 Å². The largest absolute Gasteiger partial charge is 0.437 e. The number of benzene rings is 1. The molecule has 0 radical (unpaired) electrons. The van der Waals surface area contributed by atoms with Gasteiger partial charge < -0.3 is 9.15 Å². The highest BCUT2D eigenvalue weighted by Gasteiger charge is 2.42. The van der Waals surface area contributed by atoms with E-state index >= 15 is 0 Å². The van der Waals surface area contributed by atoms with E-state index in [2.05, 4.69) is 17.2 Å². The van der Waals surface area contributed by atoms with Crippen molar-refractivity contribution in [3.05, 3.63) is 52.3 Å². The third-order valence-electron chi connectivity index (χ3n) is 5.22. The first kappa shape index (κ1) is 14.7. The van der Waals surface area contributed by atoms with Crippen LogP contribution in [0, 0.1) is 5.41 Å². The third kappa shape index (κ3) is 3.11. The van der Waals surface area contributed by atoms with Gasteiger partial charge in [0, 0.05) is 11.8 Å². The fourth-order valence-corrected chi connectivity index (χ4v) is 3.78. The number of nitrogens with zero attached hydrogens (tertiary/aromatic N) is 2. The number of ether oxygens (including phenoxy) is 1.